The second kappa shape index (κ2) is 4.50. The summed E-state index contributed by atoms with van der Waals surface area (Å²) in [5, 5.41) is 10.6. The molecule has 0 fully saturated rings. The Morgan fingerprint density at radius 3 is 2.71 bits per heavy atom. The number of carbonyl (C=O) groups excluding carboxylic acids is 1. The highest BCUT2D eigenvalue weighted by atomic mass is 32.1. The van der Waals surface area contributed by atoms with Crippen LogP contribution in [0.3, 0.4) is 0 Å². The molecule has 0 aliphatic carbocycles. The lowest BCUT2D eigenvalue weighted by molar-refractivity contribution is 0.102. The van der Waals surface area contributed by atoms with Gasteiger partial charge in [-0.3, -0.25) is 4.79 Å². The summed E-state index contributed by atoms with van der Waals surface area (Å²) in [4.78, 5) is 11.8. The molecule has 0 atom stereocenters. The summed E-state index contributed by atoms with van der Waals surface area (Å²) in [5.41, 5.74) is 8.36. The highest BCUT2D eigenvalue weighted by Crippen LogP contribution is 2.18. The minimum atomic E-state index is -0.286. The Morgan fingerprint density at radius 2 is 2.12 bits per heavy atom. The molecule has 0 bridgehead atoms. The molecule has 0 spiro atoms. The van der Waals surface area contributed by atoms with Crippen LogP contribution in [-0.2, 0) is 0 Å². The first-order chi connectivity index (χ1) is 8.06. The number of aryl methyl sites for hydroxylation is 2. The minimum Gasteiger partial charge on any atom is -0.374 e. The monoisotopic (exact) mass is 248 g/mol. The number of nitrogen functional groups attached to an aromatic ring is 1. The van der Waals surface area contributed by atoms with Crippen molar-refractivity contribution in [3.05, 3.63) is 34.3 Å². The maximum Gasteiger partial charge on any atom is 0.286 e. The number of amides is 1. The maximum absolute atomic E-state index is 11.8. The summed E-state index contributed by atoms with van der Waals surface area (Å²) >= 11 is 1.07. The molecule has 88 valence electrons. The Kier molecular flexibility index (Phi) is 3.06. The third-order valence-electron chi connectivity index (χ3n) is 2.26. The number of benzene rings is 1. The Morgan fingerprint density at radius 1 is 1.35 bits per heavy atom. The number of nitrogens with two attached hydrogens (primary N) is 1. The van der Waals surface area contributed by atoms with E-state index in [2.05, 4.69) is 15.5 Å². The van der Waals surface area contributed by atoms with E-state index in [-0.39, 0.29) is 16.0 Å². The van der Waals surface area contributed by atoms with Crippen LogP contribution in [0.1, 0.15) is 20.9 Å². The van der Waals surface area contributed by atoms with Crippen LogP contribution >= 0.6 is 11.3 Å². The van der Waals surface area contributed by atoms with Crippen molar-refractivity contribution in [2.75, 3.05) is 11.1 Å². The summed E-state index contributed by atoms with van der Waals surface area (Å²) in [7, 11) is 0. The Hall–Kier alpha value is -1.95. The largest absolute Gasteiger partial charge is 0.374 e. The number of rotatable bonds is 2. The zero-order chi connectivity index (χ0) is 12.4. The van der Waals surface area contributed by atoms with Gasteiger partial charge in [0, 0.05) is 5.69 Å². The predicted molar refractivity (Wildman–Crippen MR) is 68.2 cm³/mol. The van der Waals surface area contributed by atoms with Gasteiger partial charge >= 0.3 is 0 Å². The van der Waals surface area contributed by atoms with Crippen LogP contribution in [0.25, 0.3) is 0 Å². The van der Waals surface area contributed by atoms with Gasteiger partial charge in [0.2, 0.25) is 10.1 Å². The van der Waals surface area contributed by atoms with Gasteiger partial charge in [0.05, 0.1) is 0 Å². The van der Waals surface area contributed by atoms with E-state index in [0.717, 1.165) is 28.2 Å². The number of hydrogen-bond acceptors (Lipinski definition) is 5. The zero-order valence-corrected chi connectivity index (χ0v) is 10.3. The number of aromatic nitrogens is 2. The van der Waals surface area contributed by atoms with Gasteiger partial charge in [-0.25, -0.2) is 0 Å². The fraction of sp³-hybridized carbons (Fsp3) is 0.182. The molecule has 1 aromatic carbocycles. The zero-order valence-electron chi connectivity index (χ0n) is 9.52. The van der Waals surface area contributed by atoms with E-state index >= 15 is 0 Å². The molecule has 0 unspecified atom stereocenters. The lowest BCUT2D eigenvalue weighted by Crippen LogP contribution is -2.12. The molecule has 2 rings (SSSR count). The van der Waals surface area contributed by atoms with Crippen molar-refractivity contribution in [2.24, 2.45) is 0 Å². The van der Waals surface area contributed by atoms with E-state index < -0.39 is 0 Å². The molecule has 0 aliphatic heterocycles. The van der Waals surface area contributed by atoms with Crippen LogP contribution in [-0.4, -0.2) is 16.1 Å². The van der Waals surface area contributed by atoms with Gasteiger partial charge in [0.15, 0.2) is 0 Å². The Labute approximate surface area is 103 Å². The van der Waals surface area contributed by atoms with Crippen molar-refractivity contribution in [3.8, 4) is 0 Å². The van der Waals surface area contributed by atoms with Crippen molar-refractivity contribution < 1.29 is 4.79 Å². The highest BCUT2D eigenvalue weighted by molar-refractivity contribution is 7.16. The van der Waals surface area contributed by atoms with Crippen LogP contribution in [0.2, 0.25) is 0 Å². The molecule has 3 N–H and O–H groups in total. The van der Waals surface area contributed by atoms with E-state index in [4.69, 9.17) is 5.73 Å². The predicted octanol–water partition coefficient (Wildman–Crippen LogP) is 1.99. The van der Waals surface area contributed by atoms with Crippen LogP contribution < -0.4 is 11.1 Å². The minimum absolute atomic E-state index is 0.266. The van der Waals surface area contributed by atoms with Crippen LogP contribution in [0, 0.1) is 13.8 Å². The van der Waals surface area contributed by atoms with Gasteiger partial charge in [-0.05, 0) is 25.5 Å². The quantitative estimate of drug-likeness (QED) is 0.851. The topological polar surface area (TPSA) is 80.9 Å². The lowest BCUT2D eigenvalue weighted by Gasteiger charge is -2.07. The van der Waals surface area contributed by atoms with Gasteiger partial charge in [-0.1, -0.05) is 29.0 Å². The van der Waals surface area contributed by atoms with Crippen molar-refractivity contribution in [2.45, 2.75) is 13.8 Å². The summed E-state index contributed by atoms with van der Waals surface area (Å²) in [5.74, 6) is -0.286. The summed E-state index contributed by atoms with van der Waals surface area (Å²) in [6.45, 7) is 3.95. The molecule has 0 radical (unpaired) electrons. The second-order valence-corrected chi connectivity index (χ2v) is 4.73. The SMILES string of the molecule is Cc1ccc(NC(=O)c2nnc(N)s2)c(C)c1. The first kappa shape index (κ1) is 11.5. The Bertz CT molecular complexity index is 564. The average molecular weight is 248 g/mol. The van der Waals surface area contributed by atoms with Gasteiger partial charge in [0.1, 0.15) is 0 Å². The standard InChI is InChI=1S/C11H12N4OS/c1-6-3-4-8(7(2)5-6)13-9(16)10-14-15-11(12)17-10/h3-5H,1-2H3,(H2,12,15)(H,13,16). The van der Waals surface area contributed by atoms with Crippen LogP contribution in [0.5, 0.6) is 0 Å². The molecule has 2 aromatic rings. The summed E-state index contributed by atoms with van der Waals surface area (Å²) < 4.78 is 0. The number of nitrogens with one attached hydrogen (secondary N) is 1. The van der Waals surface area contributed by atoms with Crippen molar-refractivity contribution in [3.63, 3.8) is 0 Å². The molecule has 0 aliphatic rings. The normalized spacial score (nSPS) is 10.2. The lowest BCUT2D eigenvalue weighted by atomic mass is 10.1. The van der Waals surface area contributed by atoms with Gasteiger partial charge in [0.25, 0.3) is 5.91 Å². The molecule has 1 aromatic heterocycles. The summed E-state index contributed by atoms with van der Waals surface area (Å²) in [6, 6.07) is 5.81. The van der Waals surface area contributed by atoms with E-state index in [1.165, 1.54) is 0 Å². The van der Waals surface area contributed by atoms with Gasteiger partial charge < -0.3 is 11.1 Å². The second-order valence-electron chi connectivity index (χ2n) is 3.72. The van der Waals surface area contributed by atoms with Crippen molar-refractivity contribution in [1.82, 2.24) is 10.2 Å². The first-order valence-electron chi connectivity index (χ1n) is 5.04. The molecular weight excluding hydrogens is 236 g/mol. The fourth-order valence-electron chi connectivity index (χ4n) is 1.46. The average Bonchev–Trinajstić information content (AvgIpc) is 2.69. The van der Waals surface area contributed by atoms with E-state index in [0.29, 0.717) is 0 Å². The van der Waals surface area contributed by atoms with E-state index in [9.17, 15) is 4.79 Å². The molecule has 0 saturated heterocycles. The van der Waals surface area contributed by atoms with Crippen molar-refractivity contribution >= 4 is 28.1 Å². The molecule has 17 heavy (non-hydrogen) atoms. The molecule has 1 amide bonds. The molecule has 6 heteroatoms. The van der Waals surface area contributed by atoms with Crippen molar-refractivity contribution in [1.29, 1.82) is 0 Å². The maximum atomic E-state index is 11.8. The molecule has 1 heterocycles. The first-order valence-corrected chi connectivity index (χ1v) is 5.85. The smallest absolute Gasteiger partial charge is 0.286 e. The third-order valence-corrected chi connectivity index (χ3v) is 3.02. The van der Waals surface area contributed by atoms with Crippen LogP contribution in [0.4, 0.5) is 10.8 Å². The molecule has 5 nitrogen and oxygen atoms in total. The number of anilines is 2. The Balaban J connectivity index is 2.18. The van der Waals surface area contributed by atoms with Gasteiger partial charge in [-0.15, -0.1) is 10.2 Å². The fourth-order valence-corrected chi connectivity index (χ4v) is 1.96. The molecular formula is C11H12N4OS. The van der Waals surface area contributed by atoms with E-state index in [1.54, 1.807) is 0 Å². The number of carbonyl (C=O) groups is 1. The van der Waals surface area contributed by atoms with Gasteiger partial charge in [-0.2, -0.15) is 0 Å². The third kappa shape index (κ3) is 2.59. The summed E-state index contributed by atoms with van der Waals surface area (Å²) in [6.07, 6.45) is 0. The van der Waals surface area contributed by atoms with Crippen LogP contribution in [0.15, 0.2) is 18.2 Å². The highest BCUT2D eigenvalue weighted by Gasteiger charge is 2.12. The molecule has 0 saturated carbocycles. The number of hydrogen-bond donors (Lipinski definition) is 2. The number of nitrogens with zero attached hydrogens (tertiary/aromatic N) is 2. The van der Waals surface area contributed by atoms with E-state index in [1.807, 2.05) is 32.0 Å².